The highest BCUT2D eigenvalue weighted by molar-refractivity contribution is 7.91. The van der Waals surface area contributed by atoms with Crippen molar-refractivity contribution in [2.45, 2.75) is 43.1 Å². The van der Waals surface area contributed by atoms with E-state index in [9.17, 15) is 61.5 Å². The zero-order valence-corrected chi connectivity index (χ0v) is 56.8. The first-order valence-corrected chi connectivity index (χ1v) is 34.2. The summed E-state index contributed by atoms with van der Waals surface area (Å²) in [7, 11) is -4.24. The van der Waals surface area contributed by atoms with Crippen LogP contribution in [0.15, 0.2) is 191 Å². The number of hydrogen-bond acceptors (Lipinski definition) is 22. The van der Waals surface area contributed by atoms with Crippen LogP contribution in [0, 0.1) is 6.92 Å². The Morgan fingerprint density at radius 1 is 0.538 bits per heavy atom. The monoisotopic (exact) mass is 1450 g/mol. The van der Waals surface area contributed by atoms with Gasteiger partial charge in [-0.15, -0.1) is 11.3 Å². The van der Waals surface area contributed by atoms with Gasteiger partial charge in [0.1, 0.15) is 38.8 Å². The number of carboxylic acids is 1. The maximum Gasteiger partial charge on any atom is 0.413 e. The summed E-state index contributed by atoms with van der Waals surface area (Å²) < 4.78 is 44.9. The molecule has 0 aliphatic rings. The van der Waals surface area contributed by atoms with Gasteiger partial charge in [-0.25, -0.2) is 62.4 Å². The number of aryl methyl sites for hydroxylation is 1. The van der Waals surface area contributed by atoms with Crippen LogP contribution in [0.5, 0.6) is 0 Å². The molecule has 0 bridgehead atoms. The Kier molecular flexibility index (Phi) is 23.3. The Morgan fingerprint density at radius 2 is 0.952 bits per heavy atom. The van der Waals surface area contributed by atoms with Crippen molar-refractivity contribution in [3.05, 3.63) is 226 Å². The summed E-state index contributed by atoms with van der Waals surface area (Å²) in [4.78, 5) is 170. The number of rotatable bonds is 31. The Balaban J connectivity index is 0.768. The molecule has 11 aromatic rings. The number of amides is 7. The molecule has 0 aliphatic carbocycles. The maximum absolute atomic E-state index is 14.6. The van der Waals surface area contributed by atoms with Gasteiger partial charge in [-0.05, 0) is 41.3 Å². The number of hydrogen-bond donors (Lipinski definition) is 7. The molecule has 0 fully saturated rings. The molecule has 6 aromatic heterocycles. The number of aromatic amines is 1. The number of carbonyl (C=O) groups is 8. The van der Waals surface area contributed by atoms with Crippen molar-refractivity contribution in [3.8, 4) is 0 Å². The fraction of sp³-hybridized carbons (Fsp3) is 0.221. The van der Waals surface area contributed by atoms with Gasteiger partial charge < -0.3 is 49.0 Å². The summed E-state index contributed by atoms with van der Waals surface area (Å²) in [5.74, 6) is -5.53. The lowest BCUT2D eigenvalue weighted by atomic mass is 10.0. The third-order valence-electron chi connectivity index (χ3n) is 15.8. The third kappa shape index (κ3) is 18.5. The molecule has 0 atom stereocenters. The number of aromatic nitrogens is 11. The molecule has 0 saturated heterocycles. The second kappa shape index (κ2) is 33.5. The van der Waals surface area contributed by atoms with E-state index in [-0.39, 0.29) is 63.5 Å². The number of nitrogens with zero attached hydrogens (tertiary/aromatic N) is 13. The third-order valence-corrected chi connectivity index (χ3v) is 18.7. The van der Waals surface area contributed by atoms with Crippen molar-refractivity contribution in [2.24, 2.45) is 0 Å². The molecule has 0 unspecified atom stereocenters. The number of ether oxygens (including phenoxy) is 2. The number of carboxylic acid groups (broad SMARTS) is 1. The molecular formula is C68H65N19O15S2. The minimum absolute atomic E-state index is 0.0416. The molecule has 534 valence electrons. The lowest BCUT2D eigenvalue weighted by Gasteiger charge is -2.25. The predicted molar refractivity (Wildman–Crippen MR) is 375 cm³/mol. The number of anilines is 2. The maximum atomic E-state index is 14.6. The molecule has 104 heavy (non-hydrogen) atoms. The molecule has 36 heteroatoms. The number of carbonyl (C=O) groups excluding carboxylic acids is 7. The van der Waals surface area contributed by atoms with Crippen molar-refractivity contribution >= 4 is 113 Å². The number of sulfonamides is 1. The largest absolute Gasteiger partial charge is 0.480 e. The molecule has 0 spiro atoms. The van der Waals surface area contributed by atoms with Crippen LogP contribution < -0.4 is 37.2 Å². The van der Waals surface area contributed by atoms with E-state index < -0.39 is 140 Å². The summed E-state index contributed by atoms with van der Waals surface area (Å²) >= 11 is 0.911. The Morgan fingerprint density at radius 3 is 1.39 bits per heavy atom. The SMILES string of the molecule is Cc1cn(CC(=O)N(CCNS(=O)(=O)c2nc3ccccc3s2)CC(=O)NCCN(CC(=O)NCCN(CC(=O)O)C(=O)Cn2cnc3c(NC(=O)OC(c4ccccc4)c4ccccc4)ncnc32)C(=O)Cn2cnc3c(NC(=O)OC(c4ccccc4)c4ccccc4)ncnc32)c(=O)[nH]c1=O. The lowest BCUT2D eigenvalue weighted by molar-refractivity contribution is -0.144. The number of nitrogens with one attached hydrogen (secondary N) is 6. The molecule has 7 N–H and O–H groups in total. The summed E-state index contributed by atoms with van der Waals surface area (Å²) in [5.41, 5.74) is 1.92. The van der Waals surface area contributed by atoms with E-state index >= 15 is 0 Å². The highest BCUT2D eigenvalue weighted by atomic mass is 32.2. The smallest absolute Gasteiger partial charge is 0.413 e. The van der Waals surface area contributed by atoms with Gasteiger partial charge in [0, 0.05) is 51.0 Å². The van der Waals surface area contributed by atoms with Crippen LogP contribution in [0.2, 0.25) is 0 Å². The molecule has 7 amide bonds. The van der Waals surface area contributed by atoms with Gasteiger partial charge in [0.2, 0.25) is 33.9 Å². The van der Waals surface area contributed by atoms with E-state index in [4.69, 9.17) is 9.47 Å². The van der Waals surface area contributed by atoms with Gasteiger partial charge in [0.05, 0.1) is 36.0 Å². The highest BCUT2D eigenvalue weighted by Gasteiger charge is 2.28. The number of benzene rings is 5. The van der Waals surface area contributed by atoms with Gasteiger partial charge in [-0.2, -0.15) is 0 Å². The minimum atomic E-state index is -4.24. The summed E-state index contributed by atoms with van der Waals surface area (Å²) in [5, 5.41) is 20.4. The fourth-order valence-electron chi connectivity index (χ4n) is 10.8. The van der Waals surface area contributed by atoms with E-state index in [0.717, 1.165) is 49.5 Å². The molecule has 6 heterocycles. The number of para-hydroxylation sites is 1. The van der Waals surface area contributed by atoms with Crippen LogP contribution in [0.25, 0.3) is 32.5 Å². The fourth-order valence-corrected chi connectivity index (χ4v) is 13.1. The number of thiazole rings is 1. The van der Waals surface area contributed by atoms with E-state index in [1.54, 1.807) is 72.8 Å². The lowest BCUT2D eigenvalue weighted by Crippen LogP contribution is -2.49. The van der Waals surface area contributed by atoms with Crippen LogP contribution in [-0.4, -0.2) is 188 Å². The number of imidazole rings is 2. The first kappa shape index (κ1) is 72.3. The number of H-pyrrole nitrogens is 1. The van der Waals surface area contributed by atoms with E-state index in [1.165, 1.54) is 28.7 Å². The van der Waals surface area contributed by atoms with Gasteiger partial charge in [0.15, 0.2) is 46.2 Å². The molecule has 5 aromatic carbocycles. The topological polar surface area (TPSA) is 434 Å². The minimum Gasteiger partial charge on any atom is -0.480 e. The first-order valence-electron chi connectivity index (χ1n) is 31.9. The average molecular weight is 1450 g/mol. The van der Waals surface area contributed by atoms with Crippen molar-refractivity contribution in [1.29, 1.82) is 0 Å². The van der Waals surface area contributed by atoms with E-state index in [2.05, 4.69) is 65.9 Å². The van der Waals surface area contributed by atoms with Gasteiger partial charge in [0.25, 0.3) is 15.6 Å². The second-order valence-electron chi connectivity index (χ2n) is 23.1. The number of fused-ring (bicyclic) bond motifs is 3. The molecular weight excluding hydrogens is 1390 g/mol. The van der Waals surface area contributed by atoms with E-state index in [0.29, 0.717) is 32.5 Å². The predicted octanol–water partition coefficient (Wildman–Crippen LogP) is 3.59. The van der Waals surface area contributed by atoms with Crippen LogP contribution >= 0.6 is 11.3 Å². The van der Waals surface area contributed by atoms with Crippen molar-refractivity contribution in [2.75, 3.05) is 69.5 Å². The quantitative estimate of drug-likeness (QED) is 0.0326. The van der Waals surface area contributed by atoms with Crippen molar-refractivity contribution < 1.29 is 61.4 Å². The Labute approximate surface area is 593 Å². The number of aliphatic carboxylic acids is 1. The first-order chi connectivity index (χ1) is 50.2. The standard InChI is InChI=1S/C68H65N19O15S2/c1-43-32-85(65(96)81-64(43)95)35-52(90)83(31-28-77-104(99,100)68-78-48-24-14-15-25-49(48)103-68)34-51(89)69-26-29-82(53(91)36-86-41-75-56-60(71-39-73-62(56)86)79-66(97)101-58(44-16-6-2-7-17-44)45-18-8-3-9-19-45)33-50(88)70-27-30-84(38-55(93)94)54(92)37-87-42-76-57-61(72-40-74-63(57)87)80-67(98)102-59(46-20-10-4-11-21-46)47-22-12-5-13-23-47/h2-25,32,39-42,58-59,77H,26-31,33-38H2,1H3,(H,69,89)(H,70,88)(H,93,94)(H,81,95,96)(H,71,73,79,97)(H,72,74,80,98). The Bertz CT molecular complexity index is 5090. The van der Waals surface area contributed by atoms with Gasteiger partial charge >= 0.3 is 23.8 Å². The summed E-state index contributed by atoms with van der Waals surface area (Å²) in [6, 6.07) is 42.9. The zero-order valence-electron chi connectivity index (χ0n) is 55.2. The van der Waals surface area contributed by atoms with Crippen LogP contribution in [0.3, 0.4) is 0 Å². The van der Waals surface area contributed by atoms with Crippen LogP contribution in [0.1, 0.15) is 40.0 Å². The summed E-state index contributed by atoms with van der Waals surface area (Å²) in [6.07, 6.45) is 2.48. The molecule has 34 nitrogen and oxygen atoms in total. The summed E-state index contributed by atoms with van der Waals surface area (Å²) in [6.45, 7) is -4.94. The second-order valence-corrected chi connectivity index (χ2v) is 26.1. The Hall–Kier alpha value is -13.0. The van der Waals surface area contributed by atoms with Gasteiger partial charge in [-0.3, -0.25) is 53.7 Å². The molecule has 11 rings (SSSR count). The van der Waals surface area contributed by atoms with Crippen molar-refractivity contribution in [1.82, 2.24) is 83.6 Å². The molecule has 0 aliphatic heterocycles. The van der Waals surface area contributed by atoms with Crippen LogP contribution in [0.4, 0.5) is 21.2 Å². The van der Waals surface area contributed by atoms with E-state index in [1.807, 2.05) is 72.8 Å². The molecule has 0 radical (unpaired) electrons. The molecule has 0 saturated carbocycles. The normalized spacial score (nSPS) is 11.3. The van der Waals surface area contributed by atoms with Crippen LogP contribution in [-0.2, 0) is 67.9 Å². The van der Waals surface area contributed by atoms with Gasteiger partial charge in [-0.1, -0.05) is 133 Å². The average Bonchev–Trinajstić information content (AvgIpc) is 1.66. The van der Waals surface area contributed by atoms with Crippen molar-refractivity contribution in [3.63, 3.8) is 0 Å². The highest BCUT2D eigenvalue weighted by Crippen LogP contribution is 2.30. The zero-order chi connectivity index (χ0) is 73.3.